The minimum absolute atomic E-state index is 0.0370. The van der Waals surface area contributed by atoms with Crippen LogP contribution in [0.1, 0.15) is 64.0 Å². The number of carbonyl (C=O) groups is 1. The first-order valence-electron chi connectivity index (χ1n) is 12.1. The summed E-state index contributed by atoms with van der Waals surface area (Å²) in [5.41, 5.74) is 2.12. The smallest absolute Gasteiger partial charge is 0.274 e. The number of rotatable bonds is 9. The summed E-state index contributed by atoms with van der Waals surface area (Å²) in [5, 5.41) is 17.2. The van der Waals surface area contributed by atoms with E-state index in [-0.39, 0.29) is 34.9 Å². The molecule has 3 atom stereocenters. The van der Waals surface area contributed by atoms with E-state index in [1.54, 1.807) is 21.1 Å². The zero-order chi connectivity index (χ0) is 26.8. The van der Waals surface area contributed by atoms with E-state index in [1.807, 2.05) is 48.5 Å². The third-order valence-corrected chi connectivity index (χ3v) is 6.82. The summed E-state index contributed by atoms with van der Waals surface area (Å²) in [6.45, 7) is 1.73. The predicted octanol–water partition coefficient (Wildman–Crippen LogP) is 4.35. The lowest BCUT2D eigenvalue weighted by atomic mass is 10.0. The summed E-state index contributed by atoms with van der Waals surface area (Å²) in [4.78, 5) is 21.4. The molecule has 0 saturated heterocycles. The fourth-order valence-corrected chi connectivity index (χ4v) is 4.76. The molecule has 196 valence electrons. The minimum Gasteiger partial charge on any atom is -0.503 e. The Balaban J connectivity index is 1.37. The number of pyridine rings is 1. The van der Waals surface area contributed by atoms with Crippen molar-refractivity contribution < 1.29 is 28.6 Å². The molecular formula is C28H28N4O6. The van der Waals surface area contributed by atoms with Crippen LogP contribution >= 0.6 is 0 Å². The SMILES string of the molecule is COc1ccc(C2C(c3ccc(OC)cc3)C2c2nc([C@H](C)NC(=O)c3nccc(OC)c3O)no2)cc1. The Kier molecular flexibility index (Phi) is 6.87. The average molecular weight is 517 g/mol. The Bertz CT molecular complexity index is 1370. The standard InChI is InChI=1S/C28H28N4O6/c1-15(30-27(34)24-25(33)20(37-4)13-14-29-24)26-31-28(38-32-26)23-21(16-5-9-18(35-2)10-6-16)22(23)17-7-11-19(36-3)12-8-17/h5-15,21-23,33H,1-4H3,(H,30,34)/t15-,21?,22?,23?/m0/s1. The van der Waals surface area contributed by atoms with Crippen molar-refractivity contribution in [2.24, 2.45) is 0 Å². The molecule has 1 saturated carbocycles. The Morgan fingerprint density at radius 1 is 0.895 bits per heavy atom. The van der Waals surface area contributed by atoms with E-state index in [2.05, 4.69) is 20.4 Å². The first-order chi connectivity index (χ1) is 18.4. The molecule has 2 aromatic carbocycles. The maximum Gasteiger partial charge on any atom is 0.274 e. The van der Waals surface area contributed by atoms with E-state index >= 15 is 0 Å². The molecule has 0 aliphatic heterocycles. The van der Waals surface area contributed by atoms with E-state index in [1.165, 1.54) is 19.4 Å². The molecule has 2 aromatic heterocycles. The molecule has 10 nitrogen and oxygen atoms in total. The lowest BCUT2D eigenvalue weighted by molar-refractivity contribution is 0.0929. The largest absolute Gasteiger partial charge is 0.503 e. The zero-order valence-electron chi connectivity index (χ0n) is 21.4. The van der Waals surface area contributed by atoms with E-state index in [4.69, 9.17) is 18.7 Å². The predicted molar refractivity (Wildman–Crippen MR) is 137 cm³/mol. The van der Waals surface area contributed by atoms with Gasteiger partial charge in [-0.3, -0.25) is 4.79 Å². The molecule has 38 heavy (non-hydrogen) atoms. The van der Waals surface area contributed by atoms with E-state index in [9.17, 15) is 9.90 Å². The highest BCUT2D eigenvalue weighted by atomic mass is 16.5. The molecule has 0 spiro atoms. The van der Waals surface area contributed by atoms with Gasteiger partial charge in [-0.05, 0) is 42.3 Å². The highest BCUT2D eigenvalue weighted by Gasteiger charge is 2.56. The van der Waals surface area contributed by atoms with Gasteiger partial charge in [0.1, 0.15) is 11.5 Å². The van der Waals surface area contributed by atoms with Crippen LogP contribution in [-0.4, -0.2) is 47.5 Å². The Morgan fingerprint density at radius 3 is 2.00 bits per heavy atom. The lowest BCUT2D eigenvalue weighted by Gasteiger charge is -2.11. The monoisotopic (exact) mass is 516 g/mol. The molecule has 5 rings (SSSR count). The number of aromatic nitrogens is 3. The number of nitrogens with zero attached hydrogens (tertiary/aromatic N) is 3. The summed E-state index contributed by atoms with van der Waals surface area (Å²) in [6, 6.07) is 16.8. The number of hydrogen-bond acceptors (Lipinski definition) is 9. The quantitative estimate of drug-likeness (QED) is 0.333. The number of ether oxygens (including phenoxy) is 3. The second-order valence-electron chi connectivity index (χ2n) is 9.02. The molecule has 1 fully saturated rings. The van der Waals surface area contributed by atoms with Crippen LogP contribution in [0.15, 0.2) is 65.3 Å². The van der Waals surface area contributed by atoms with E-state index in [0.29, 0.717) is 11.7 Å². The zero-order valence-corrected chi connectivity index (χ0v) is 21.4. The Hall–Kier alpha value is -4.60. The first kappa shape index (κ1) is 25.1. The Morgan fingerprint density at radius 2 is 1.47 bits per heavy atom. The van der Waals surface area contributed by atoms with Gasteiger partial charge >= 0.3 is 0 Å². The van der Waals surface area contributed by atoms with Crippen LogP contribution in [0.2, 0.25) is 0 Å². The second-order valence-corrected chi connectivity index (χ2v) is 9.02. The van der Waals surface area contributed by atoms with Gasteiger partial charge in [0, 0.05) is 24.1 Å². The topological polar surface area (TPSA) is 129 Å². The van der Waals surface area contributed by atoms with Crippen LogP contribution in [-0.2, 0) is 0 Å². The van der Waals surface area contributed by atoms with Crippen molar-refractivity contribution >= 4 is 5.91 Å². The maximum absolute atomic E-state index is 12.8. The summed E-state index contributed by atoms with van der Waals surface area (Å²) >= 11 is 0. The summed E-state index contributed by atoms with van der Waals surface area (Å²) in [5.74, 6) is 1.84. The molecule has 0 bridgehead atoms. The van der Waals surface area contributed by atoms with Gasteiger partial charge in [0.05, 0.1) is 33.3 Å². The van der Waals surface area contributed by atoms with E-state index < -0.39 is 11.9 Å². The molecule has 10 heteroatoms. The molecule has 2 unspecified atom stereocenters. The second kappa shape index (κ2) is 10.4. The van der Waals surface area contributed by atoms with Crippen molar-refractivity contribution in [2.75, 3.05) is 21.3 Å². The van der Waals surface area contributed by atoms with Crippen molar-refractivity contribution in [3.05, 3.63) is 89.3 Å². The van der Waals surface area contributed by atoms with Crippen LogP contribution < -0.4 is 19.5 Å². The third-order valence-electron chi connectivity index (χ3n) is 6.82. The number of methoxy groups -OCH3 is 3. The number of carbonyl (C=O) groups excluding carboxylic acids is 1. The van der Waals surface area contributed by atoms with E-state index in [0.717, 1.165) is 22.6 Å². The molecule has 2 heterocycles. The van der Waals surface area contributed by atoms with Gasteiger partial charge in [-0.2, -0.15) is 4.98 Å². The van der Waals surface area contributed by atoms with Gasteiger partial charge in [-0.15, -0.1) is 0 Å². The summed E-state index contributed by atoms with van der Waals surface area (Å²) in [7, 11) is 4.68. The highest BCUT2D eigenvalue weighted by Crippen LogP contribution is 2.66. The fraction of sp³-hybridized carbons (Fsp3) is 0.286. The normalized spacial score (nSPS) is 18.9. The van der Waals surface area contributed by atoms with Gasteiger partial charge < -0.3 is 29.2 Å². The average Bonchev–Trinajstić information content (AvgIpc) is 3.49. The fourth-order valence-electron chi connectivity index (χ4n) is 4.76. The van der Waals surface area contributed by atoms with Crippen LogP contribution in [0.25, 0.3) is 0 Å². The van der Waals surface area contributed by atoms with Crippen LogP contribution in [0.3, 0.4) is 0 Å². The van der Waals surface area contributed by atoms with Gasteiger partial charge in [0.2, 0.25) is 5.89 Å². The number of benzene rings is 2. The van der Waals surface area contributed by atoms with Gasteiger partial charge in [0.25, 0.3) is 5.91 Å². The number of amides is 1. The first-order valence-corrected chi connectivity index (χ1v) is 12.1. The molecule has 1 aliphatic carbocycles. The summed E-state index contributed by atoms with van der Waals surface area (Å²) in [6.07, 6.45) is 1.39. The van der Waals surface area contributed by atoms with Crippen molar-refractivity contribution in [3.8, 4) is 23.0 Å². The van der Waals surface area contributed by atoms with Crippen LogP contribution in [0.4, 0.5) is 0 Å². The molecule has 0 radical (unpaired) electrons. The van der Waals surface area contributed by atoms with Crippen molar-refractivity contribution in [3.63, 3.8) is 0 Å². The van der Waals surface area contributed by atoms with Crippen LogP contribution in [0.5, 0.6) is 23.0 Å². The molecule has 2 N–H and O–H groups in total. The molecule has 4 aromatic rings. The third kappa shape index (κ3) is 4.72. The van der Waals surface area contributed by atoms with Gasteiger partial charge in [-0.25, -0.2) is 4.98 Å². The van der Waals surface area contributed by atoms with Crippen molar-refractivity contribution in [2.45, 2.75) is 30.7 Å². The van der Waals surface area contributed by atoms with Crippen molar-refractivity contribution in [1.82, 2.24) is 20.4 Å². The van der Waals surface area contributed by atoms with Gasteiger partial charge in [0.15, 0.2) is 23.0 Å². The maximum atomic E-state index is 12.8. The number of hydrogen-bond donors (Lipinski definition) is 2. The van der Waals surface area contributed by atoms with Crippen LogP contribution in [0, 0.1) is 0 Å². The molecule has 1 aliphatic rings. The summed E-state index contributed by atoms with van der Waals surface area (Å²) < 4.78 is 21.4. The number of aromatic hydroxyl groups is 1. The number of nitrogens with one attached hydrogen (secondary N) is 1. The van der Waals surface area contributed by atoms with Crippen molar-refractivity contribution in [1.29, 1.82) is 0 Å². The minimum atomic E-state index is -0.593. The molecular weight excluding hydrogens is 488 g/mol. The Labute approximate surface area is 219 Å². The lowest BCUT2D eigenvalue weighted by Crippen LogP contribution is -2.28. The molecule has 1 amide bonds. The highest BCUT2D eigenvalue weighted by molar-refractivity contribution is 5.95. The van der Waals surface area contributed by atoms with Gasteiger partial charge in [-0.1, -0.05) is 29.4 Å².